The van der Waals surface area contributed by atoms with Crippen molar-refractivity contribution in [3.8, 4) is 11.3 Å². The average Bonchev–Trinajstić information content (AvgIpc) is 3.13. The molecule has 0 radical (unpaired) electrons. The molecule has 0 aliphatic carbocycles. The van der Waals surface area contributed by atoms with Gasteiger partial charge in [0.1, 0.15) is 5.65 Å². The number of hydrogen-bond donors (Lipinski definition) is 1. The van der Waals surface area contributed by atoms with E-state index in [0.717, 1.165) is 28.3 Å². The first-order valence-electron chi connectivity index (χ1n) is 9.38. The van der Waals surface area contributed by atoms with E-state index in [2.05, 4.69) is 5.32 Å². The van der Waals surface area contributed by atoms with Gasteiger partial charge < -0.3 is 14.5 Å². The van der Waals surface area contributed by atoms with Gasteiger partial charge in [0.15, 0.2) is 6.04 Å². The average molecular weight is 406 g/mol. The number of ether oxygens (including phenoxy) is 1. The van der Waals surface area contributed by atoms with Gasteiger partial charge in [0.2, 0.25) is 0 Å². The Balaban J connectivity index is 1.88. The Labute approximate surface area is 173 Å². The fraction of sp³-hybridized carbons (Fsp3) is 0.130. The van der Waals surface area contributed by atoms with Gasteiger partial charge >= 0.3 is 5.97 Å². The number of halogens is 1. The van der Waals surface area contributed by atoms with Gasteiger partial charge in [-0.15, -0.1) is 0 Å². The Morgan fingerprint density at radius 3 is 2.52 bits per heavy atom. The van der Waals surface area contributed by atoms with Crippen LogP contribution in [0.5, 0.6) is 0 Å². The first kappa shape index (κ1) is 19.0. The maximum atomic E-state index is 13.0. The van der Waals surface area contributed by atoms with E-state index in [-0.39, 0.29) is 12.6 Å². The minimum absolute atomic E-state index is 0.287. The molecular formula is C23H20ClN3O2. The fourth-order valence-corrected chi connectivity index (χ4v) is 3.40. The Morgan fingerprint density at radius 1 is 1.07 bits per heavy atom. The lowest BCUT2D eigenvalue weighted by molar-refractivity contribution is -0.144. The van der Waals surface area contributed by atoms with Crippen molar-refractivity contribution in [3.05, 3.63) is 89.7 Å². The van der Waals surface area contributed by atoms with Gasteiger partial charge in [0.25, 0.3) is 0 Å². The highest BCUT2D eigenvalue weighted by atomic mass is 35.5. The highest BCUT2D eigenvalue weighted by Gasteiger charge is 2.29. The van der Waals surface area contributed by atoms with Crippen LogP contribution < -0.4 is 5.32 Å². The van der Waals surface area contributed by atoms with Gasteiger partial charge in [-0.3, -0.25) is 0 Å². The molecule has 0 saturated heterocycles. The summed E-state index contributed by atoms with van der Waals surface area (Å²) in [6, 6.07) is 22.1. The number of esters is 1. The molecule has 5 nitrogen and oxygen atoms in total. The van der Waals surface area contributed by atoms with Crippen LogP contribution in [0.2, 0.25) is 5.02 Å². The lowest BCUT2D eigenvalue weighted by Crippen LogP contribution is -2.25. The van der Waals surface area contributed by atoms with E-state index in [0.29, 0.717) is 5.02 Å². The number of carbonyl (C=O) groups excluding carboxylic acids is 1. The van der Waals surface area contributed by atoms with Crippen LogP contribution in [0, 0.1) is 0 Å². The third-order valence-corrected chi connectivity index (χ3v) is 4.82. The molecule has 0 amide bonds. The highest BCUT2D eigenvalue weighted by molar-refractivity contribution is 6.30. The Kier molecular flexibility index (Phi) is 5.49. The molecule has 4 rings (SSSR count). The fourth-order valence-electron chi connectivity index (χ4n) is 3.28. The first-order valence-corrected chi connectivity index (χ1v) is 9.76. The molecule has 0 spiro atoms. The van der Waals surface area contributed by atoms with Crippen LogP contribution in [0.15, 0.2) is 79.0 Å². The topological polar surface area (TPSA) is 55.6 Å². The van der Waals surface area contributed by atoms with Crippen molar-refractivity contribution in [2.45, 2.75) is 13.0 Å². The van der Waals surface area contributed by atoms with Crippen LogP contribution in [0.4, 0.5) is 5.69 Å². The smallest absolute Gasteiger partial charge is 0.334 e. The van der Waals surface area contributed by atoms with Gasteiger partial charge in [-0.25, -0.2) is 9.78 Å². The van der Waals surface area contributed by atoms with Crippen LogP contribution in [-0.4, -0.2) is 22.0 Å². The van der Waals surface area contributed by atoms with Gasteiger partial charge in [0.05, 0.1) is 18.0 Å². The summed E-state index contributed by atoms with van der Waals surface area (Å²) >= 11 is 6.01. The molecule has 2 aromatic carbocycles. The standard InChI is InChI=1S/C23H20ClN3O2/c1-2-29-23(28)21(25-18-13-11-17(24)12-14-18)22-20(16-8-4-3-5-9-16)26-19-10-6-7-15-27(19)22/h3-15,21,25H,2H2,1H3. The zero-order valence-electron chi connectivity index (χ0n) is 15.9. The largest absolute Gasteiger partial charge is 0.464 e. The van der Waals surface area contributed by atoms with Crippen molar-refractivity contribution in [1.82, 2.24) is 9.38 Å². The summed E-state index contributed by atoms with van der Waals surface area (Å²) in [7, 11) is 0. The van der Waals surface area contributed by atoms with Crippen LogP contribution >= 0.6 is 11.6 Å². The molecule has 1 atom stereocenters. The summed E-state index contributed by atoms with van der Waals surface area (Å²) in [5.41, 5.74) is 3.90. The molecular weight excluding hydrogens is 386 g/mol. The van der Waals surface area contributed by atoms with Crippen LogP contribution in [0.1, 0.15) is 18.7 Å². The zero-order valence-corrected chi connectivity index (χ0v) is 16.6. The predicted molar refractivity (Wildman–Crippen MR) is 115 cm³/mol. The van der Waals surface area contributed by atoms with Crippen molar-refractivity contribution in [2.75, 3.05) is 11.9 Å². The maximum Gasteiger partial charge on any atom is 0.334 e. The monoisotopic (exact) mass is 405 g/mol. The lowest BCUT2D eigenvalue weighted by atomic mass is 10.1. The van der Waals surface area contributed by atoms with Gasteiger partial charge in [0, 0.05) is 22.5 Å². The number of hydrogen-bond acceptors (Lipinski definition) is 4. The number of nitrogens with zero attached hydrogens (tertiary/aromatic N) is 2. The Bertz CT molecular complexity index is 1120. The first-order chi connectivity index (χ1) is 14.2. The van der Waals surface area contributed by atoms with E-state index in [4.69, 9.17) is 21.3 Å². The number of fused-ring (bicyclic) bond motifs is 1. The normalized spacial score (nSPS) is 11.9. The summed E-state index contributed by atoms with van der Waals surface area (Å²) in [5.74, 6) is -0.370. The van der Waals surface area contributed by atoms with Crippen molar-refractivity contribution < 1.29 is 9.53 Å². The molecule has 146 valence electrons. The minimum Gasteiger partial charge on any atom is -0.464 e. The lowest BCUT2D eigenvalue weighted by Gasteiger charge is -2.20. The number of pyridine rings is 1. The van der Waals surface area contributed by atoms with E-state index < -0.39 is 6.04 Å². The molecule has 1 N–H and O–H groups in total. The van der Waals surface area contributed by atoms with Crippen LogP contribution in [0.25, 0.3) is 16.9 Å². The third-order valence-electron chi connectivity index (χ3n) is 4.57. The summed E-state index contributed by atoms with van der Waals surface area (Å²) < 4.78 is 7.32. The molecule has 29 heavy (non-hydrogen) atoms. The summed E-state index contributed by atoms with van der Waals surface area (Å²) in [5, 5.41) is 3.93. The number of aromatic nitrogens is 2. The molecule has 2 heterocycles. The summed E-state index contributed by atoms with van der Waals surface area (Å²) in [4.78, 5) is 17.8. The number of rotatable bonds is 6. The van der Waals surface area contributed by atoms with Crippen molar-refractivity contribution in [2.24, 2.45) is 0 Å². The number of benzene rings is 2. The SMILES string of the molecule is CCOC(=O)C(Nc1ccc(Cl)cc1)c1c(-c2ccccc2)nc2ccccn12. The molecule has 2 aromatic heterocycles. The summed E-state index contributed by atoms with van der Waals surface area (Å²) in [6.07, 6.45) is 1.90. The molecule has 0 fully saturated rings. The van der Waals surface area contributed by atoms with Crippen molar-refractivity contribution in [3.63, 3.8) is 0 Å². The molecule has 0 aliphatic heterocycles. The molecule has 0 saturated carbocycles. The van der Waals surface area contributed by atoms with Crippen molar-refractivity contribution in [1.29, 1.82) is 0 Å². The van der Waals surface area contributed by atoms with E-state index >= 15 is 0 Å². The second-order valence-electron chi connectivity index (χ2n) is 6.48. The van der Waals surface area contributed by atoms with Gasteiger partial charge in [-0.1, -0.05) is 48.0 Å². The quantitative estimate of drug-likeness (QED) is 0.438. The van der Waals surface area contributed by atoms with E-state index in [1.165, 1.54) is 0 Å². The summed E-state index contributed by atoms with van der Waals surface area (Å²) in [6.45, 7) is 2.08. The Hall–Kier alpha value is -3.31. The molecule has 0 aliphatic rings. The van der Waals surface area contributed by atoms with Gasteiger partial charge in [-0.05, 0) is 43.3 Å². The molecule has 6 heteroatoms. The second kappa shape index (κ2) is 8.37. The third kappa shape index (κ3) is 3.96. The highest BCUT2D eigenvalue weighted by Crippen LogP contribution is 2.32. The molecule has 1 unspecified atom stereocenters. The minimum atomic E-state index is -0.747. The number of anilines is 1. The number of carbonyl (C=O) groups is 1. The number of nitrogens with one attached hydrogen (secondary N) is 1. The van der Waals surface area contributed by atoms with E-state index in [1.54, 1.807) is 19.1 Å². The number of imidazole rings is 1. The van der Waals surface area contributed by atoms with Crippen LogP contribution in [0.3, 0.4) is 0 Å². The molecule has 0 bridgehead atoms. The van der Waals surface area contributed by atoms with Crippen molar-refractivity contribution >= 4 is 28.9 Å². The maximum absolute atomic E-state index is 13.0. The molecule has 4 aromatic rings. The Morgan fingerprint density at radius 2 is 1.79 bits per heavy atom. The van der Waals surface area contributed by atoms with E-state index in [9.17, 15) is 4.79 Å². The van der Waals surface area contributed by atoms with Gasteiger partial charge in [-0.2, -0.15) is 0 Å². The van der Waals surface area contributed by atoms with E-state index in [1.807, 2.05) is 71.3 Å². The predicted octanol–water partition coefficient (Wildman–Crippen LogP) is 5.37. The zero-order chi connectivity index (χ0) is 20.2. The van der Waals surface area contributed by atoms with Crippen LogP contribution in [-0.2, 0) is 9.53 Å². The second-order valence-corrected chi connectivity index (χ2v) is 6.91.